The lowest BCUT2D eigenvalue weighted by atomic mass is 9.79. The van der Waals surface area contributed by atoms with Gasteiger partial charge in [-0.2, -0.15) is 0 Å². The topological polar surface area (TPSA) is 67.3 Å². The maximum Gasteiger partial charge on any atom is 0.310 e. The van der Waals surface area contributed by atoms with Gasteiger partial charge in [0.2, 0.25) is 0 Å². The van der Waals surface area contributed by atoms with Crippen molar-refractivity contribution in [2.45, 2.75) is 25.7 Å². The molecule has 2 aromatic carbocycles. The second kappa shape index (κ2) is 7.49. The summed E-state index contributed by atoms with van der Waals surface area (Å²) in [6.07, 6.45) is 0.931. The number of carboxylic acids is 1. The lowest BCUT2D eigenvalue weighted by Gasteiger charge is -2.22. The number of hydrogen-bond donors (Lipinski definition) is 1. The predicted molar refractivity (Wildman–Crippen MR) is 110 cm³/mol. The molecule has 3 aromatic rings. The van der Waals surface area contributed by atoms with Crippen LogP contribution in [0.2, 0.25) is 5.02 Å². The van der Waals surface area contributed by atoms with Gasteiger partial charge in [0.1, 0.15) is 10.8 Å². The van der Waals surface area contributed by atoms with Gasteiger partial charge in [0.25, 0.3) is 0 Å². The van der Waals surface area contributed by atoms with Crippen molar-refractivity contribution in [3.05, 3.63) is 75.8 Å². The van der Waals surface area contributed by atoms with E-state index in [9.17, 15) is 14.7 Å². The molecule has 142 valence electrons. The largest absolute Gasteiger partial charge is 0.481 e. The van der Waals surface area contributed by atoms with Gasteiger partial charge in [0.15, 0.2) is 0 Å². The van der Waals surface area contributed by atoms with E-state index in [1.54, 1.807) is 6.07 Å². The number of hydrogen-bond acceptors (Lipinski definition) is 4. The molecule has 1 aliphatic carbocycles. The van der Waals surface area contributed by atoms with Crippen molar-refractivity contribution in [3.63, 3.8) is 0 Å². The molecule has 0 fully saturated rings. The SMILES string of the molecule is O=C(Cc1csc(-c2ccccc2Cl)n1)CC1(C(=O)O)Cc2ccccc2C1. The van der Waals surface area contributed by atoms with Crippen LogP contribution in [-0.4, -0.2) is 21.8 Å². The van der Waals surface area contributed by atoms with Gasteiger partial charge in [-0.15, -0.1) is 11.3 Å². The Labute approximate surface area is 171 Å². The standard InChI is InChI=1S/C22H18ClNO3S/c23-19-8-4-3-7-18(19)20-24-16(13-28-20)9-17(25)12-22(21(26)27)10-14-5-1-2-6-15(14)11-22/h1-8,13H,9-12H2,(H,26,27). The number of carbonyl (C=O) groups excluding carboxylic acids is 1. The molecule has 0 spiro atoms. The third-order valence-corrected chi connectivity index (χ3v) is 6.45. The molecule has 1 aliphatic rings. The molecule has 1 aromatic heterocycles. The van der Waals surface area contributed by atoms with Crippen LogP contribution in [0.25, 0.3) is 10.6 Å². The summed E-state index contributed by atoms with van der Waals surface area (Å²) < 4.78 is 0. The van der Waals surface area contributed by atoms with Crippen LogP contribution in [0, 0.1) is 5.41 Å². The highest BCUT2D eigenvalue weighted by Crippen LogP contribution is 2.40. The van der Waals surface area contributed by atoms with Crippen LogP contribution in [0.1, 0.15) is 23.2 Å². The number of Topliss-reactive ketones (excluding diaryl/α,β-unsaturated/α-hetero) is 1. The van der Waals surface area contributed by atoms with Gasteiger partial charge in [0.05, 0.1) is 16.1 Å². The molecular formula is C22H18ClNO3S. The molecule has 0 radical (unpaired) electrons. The molecule has 0 aliphatic heterocycles. The number of nitrogens with zero attached hydrogens (tertiary/aromatic N) is 1. The first-order valence-corrected chi connectivity index (χ1v) is 10.2. The van der Waals surface area contributed by atoms with Gasteiger partial charge in [-0.25, -0.2) is 4.98 Å². The minimum absolute atomic E-state index is 0.00989. The monoisotopic (exact) mass is 411 g/mol. The number of aliphatic carboxylic acids is 1. The zero-order valence-corrected chi connectivity index (χ0v) is 16.6. The number of ketones is 1. The van der Waals surface area contributed by atoms with Crippen molar-refractivity contribution in [1.82, 2.24) is 4.98 Å². The molecular weight excluding hydrogens is 394 g/mol. The van der Waals surface area contributed by atoms with Crippen LogP contribution in [0.4, 0.5) is 0 Å². The average Bonchev–Trinajstić information content (AvgIpc) is 3.26. The van der Waals surface area contributed by atoms with E-state index < -0.39 is 11.4 Å². The molecule has 28 heavy (non-hydrogen) atoms. The number of thiazole rings is 1. The first kappa shape index (κ1) is 18.8. The van der Waals surface area contributed by atoms with Crippen molar-refractivity contribution in [2.24, 2.45) is 5.41 Å². The fourth-order valence-corrected chi connectivity index (χ4v) is 4.97. The summed E-state index contributed by atoms with van der Waals surface area (Å²) in [6, 6.07) is 15.1. The highest BCUT2D eigenvalue weighted by Gasteiger charge is 2.45. The summed E-state index contributed by atoms with van der Waals surface area (Å²) in [4.78, 5) is 29.3. The van der Waals surface area contributed by atoms with E-state index in [0.29, 0.717) is 23.6 Å². The molecule has 0 atom stereocenters. The number of halogens is 1. The normalized spacial score (nSPS) is 14.6. The van der Waals surface area contributed by atoms with Crippen molar-refractivity contribution < 1.29 is 14.7 Å². The summed E-state index contributed by atoms with van der Waals surface area (Å²) in [6.45, 7) is 0. The highest BCUT2D eigenvalue weighted by atomic mass is 35.5. The molecule has 0 bridgehead atoms. The third kappa shape index (κ3) is 3.60. The first-order valence-electron chi connectivity index (χ1n) is 8.98. The Morgan fingerprint density at radius 2 is 1.71 bits per heavy atom. The van der Waals surface area contributed by atoms with Crippen LogP contribution in [0.15, 0.2) is 53.9 Å². The molecule has 1 N–H and O–H groups in total. The number of rotatable bonds is 6. The summed E-state index contributed by atoms with van der Waals surface area (Å²) in [5, 5.41) is 13.1. The zero-order valence-electron chi connectivity index (χ0n) is 15.0. The van der Waals surface area contributed by atoms with Crippen molar-refractivity contribution in [2.75, 3.05) is 0 Å². The first-order chi connectivity index (χ1) is 13.5. The van der Waals surface area contributed by atoms with Crippen molar-refractivity contribution in [1.29, 1.82) is 0 Å². The average molecular weight is 412 g/mol. The minimum atomic E-state index is -1.05. The summed E-state index contributed by atoms with van der Waals surface area (Å²) >= 11 is 7.65. The molecule has 4 rings (SSSR count). The maximum absolute atomic E-state index is 12.7. The van der Waals surface area contributed by atoms with Crippen LogP contribution in [0.3, 0.4) is 0 Å². The maximum atomic E-state index is 12.7. The summed E-state index contributed by atoms with van der Waals surface area (Å²) in [5.74, 6) is -1.02. The summed E-state index contributed by atoms with van der Waals surface area (Å²) in [7, 11) is 0. The Balaban J connectivity index is 1.49. The quantitative estimate of drug-likeness (QED) is 0.630. The predicted octanol–water partition coefficient (Wildman–Crippen LogP) is 4.84. The lowest BCUT2D eigenvalue weighted by molar-refractivity contribution is -0.151. The molecule has 6 heteroatoms. The van der Waals surface area contributed by atoms with Crippen LogP contribution >= 0.6 is 22.9 Å². The molecule has 0 saturated carbocycles. The second-order valence-electron chi connectivity index (χ2n) is 7.22. The van der Waals surface area contributed by atoms with Gasteiger partial charge in [0, 0.05) is 23.8 Å². The van der Waals surface area contributed by atoms with E-state index in [0.717, 1.165) is 21.7 Å². The highest BCUT2D eigenvalue weighted by molar-refractivity contribution is 7.13. The molecule has 0 unspecified atom stereocenters. The van der Waals surface area contributed by atoms with E-state index in [-0.39, 0.29) is 18.6 Å². The lowest BCUT2D eigenvalue weighted by Crippen LogP contribution is -2.34. The number of fused-ring (bicyclic) bond motifs is 1. The van der Waals surface area contributed by atoms with Gasteiger partial charge >= 0.3 is 5.97 Å². The van der Waals surface area contributed by atoms with E-state index in [1.807, 2.05) is 47.8 Å². The number of benzene rings is 2. The van der Waals surface area contributed by atoms with Gasteiger partial charge in [-0.1, -0.05) is 54.1 Å². The Morgan fingerprint density at radius 1 is 1.07 bits per heavy atom. The van der Waals surface area contributed by atoms with Crippen LogP contribution < -0.4 is 0 Å². The number of aromatic nitrogens is 1. The fraction of sp³-hybridized carbons (Fsp3) is 0.227. The van der Waals surface area contributed by atoms with Crippen molar-refractivity contribution >= 4 is 34.7 Å². The zero-order chi connectivity index (χ0) is 19.7. The van der Waals surface area contributed by atoms with E-state index >= 15 is 0 Å². The second-order valence-corrected chi connectivity index (χ2v) is 8.49. The molecule has 1 heterocycles. The Hall–Kier alpha value is -2.50. The van der Waals surface area contributed by atoms with E-state index in [2.05, 4.69) is 4.98 Å². The Morgan fingerprint density at radius 3 is 2.36 bits per heavy atom. The molecule has 0 saturated heterocycles. The Bertz CT molecular complexity index is 1030. The van der Waals surface area contributed by atoms with E-state index in [1.165, 1.54) is 11.3 Å². The van der Waals surface area contributed by atoms with Crippen LogP contribution in [0.5, 0.6) is 0 Å². The van der Waals surface area contributed by atoms with Gasteiger partial charge in [-0.3, -0.25) is 9.59 Å². The third-order valence-electron chi connectivity index (χ3n) is 5.20. The van der Waals surface area contributed by atoms with E-state index in [4.69, 9.17) is 11.6 Å². The number of carbonyl (C=O) groups is 2. The fourth-order valence-electron chi connectivity index (χ4n) is 3.83. The molecule has 0 amide bonds. The van der Waals surface area contributed by atoms with Gasteiger partial charge < -0.3 is 5.11 Å². The van der Waals surface area contributed by atoms with Crippen LogP contribution in [-0.2, 0) is 28.9 Å². The van der Waals surface area contributed by atoms with Crippen molar-refractivity contribution in [3.8, 4) is 10.6 Å². The number of carboxylic acid groups (broad SMARTS) is 1. The Kier molecular flexibility index (Phi) is 5.04. The molecule has 4 nitrogen and oxygen atoms in total. The summed E-state index contributed by atoms with van der Waals surface area (Å²) in [5.41, 5.74) is 2.48. The minimum Gasteiger partial charge on any atom is -0.481 e. The van der Waals surface area contributed by atoms with Gasteiger partial charge in [-0.05, 0) is 30.0 Å². The smallest absolute Gasteiger partial charge is 0.310 e.